The van der Waals surface area contributed by atoms with Gasteiger partial charge < -0.3 is 5.73 Å². The molecule has 2 N–H and O–H groups in total. The van der Waals surface area contributed by atoms with E-state index in [1.165, 1.54) is 6.07 Å². The highest BCUT2D eigenvalue weighted by atomic mass is 32.2. The van der Waals surface area contributed by atoms with Crippen LogP contribution in [0, 0.1) is 10.1 Å². The van der Waals surface area contributed by atoms with Crippen molar-refractivity contribution in [2.75, 3.05) is 12.0 Å². The monoisotopic (exact) mass is 216 g/mol. The van der Waals surface area contributed by atoms with Gasteiger partial charge >= 0.3 is 0 Å². The Hall–Kier alpha value is -1.63. The second kappa shape index (κ2) is 3.26. The molecular weight excluding hydrogens is 208 g/mol. The summed E-state index contributed by atoms with van der Waals surface area (Å²) in [5, 5.41) is 10.5. The van der Waals surface area contributed by atoms with Crippen molar-refractivity contribution in [3.8, 4) is 0 Å². The SMILES string of the molecule is CS(=O)(=O)c1ccc(N)cc1[N+](=O)[O-]. The van der Waals surface area contributed by atoms with E-state index in [2.05, 4.69) is 0 Å². The molecule has 0 aliphatic heterocycles. The Morgan fingerprint density at radius 3 is 2.43 bits per heavy atom. The molecule has 1 rings (SSSR count). The van der Waals surface area contributed by atoms with Gasteiger partial charge in [0.05, 0.1) is 4.92 Å². The molecule has 0 heterocycles. The minimum absolute atomic E-state index is 0.157. The van der Waals surface area contributed by atoms with Gasteiger partial charge in [0.15, 0.2) is 9.84 Å². The third-order valence-electron chi connectivity index (χ3n) is 1.58. The Morgan fingerprint density at radius 2 is 2.00 bits per heavy atom. The summed E-state index contributed by atoms with van der Waals surface area (Å²) in [6, 6.07) is 3.46. The molecule has 0 spiro atoms. The van der Waals surface area contributed by atoms with Crippen molar-refractivity contribution in [3.63, 3.8) is 0 Å². The maximum absolute atomic E-state index is 11.1. The van der Waals surface area contributed by atoms with Crippen LogP contribution in [-0.4, -0.2) is 19.6 Å². The Labute approximate surface area is 80.4 Å². The molecule has 0 radical (unpaired) electrons. The number of nitro benzene ring substituents is 1. The highest BCUT2D eigenvalue weighted by molar-refractivity contribution is 7.90. The second-order valence-corrected chi connectivity index (χ2v) is 4.74. The number of anilines is 1. The molecule has 1 aromatic rings. The van der Waals surface area contributed by atoms with Gasteiger partial charge in [-0.25, -0.2) is 8.42 Å². The average Bonchev–Trinajstić information content (AvgIpc) is 2.01. The van der Waals surface area contributed by atoms with Gasteiger partial charge in [-0.05, 0) is 12.1 Å². The Kier molecular flexibility index (Phi) is 2.43. The topological polar surface area (TPSA) is 103 Å². The molecule has 76 valence electrons. The smallest absolute Gasteiger partial charge is 0.290 e. The van der Waals surface area contributed by atoms with Crippen LogP contribution in [0.25, 0.3) is 0 Å². The van der Waals surface area contributed by atoms with Gasteiger partial charge in [-0.3, -0.25) is 10.1 Å². The van der Waals surface area contributed by atoms with Crippen LogP contribution >= 0.6 is 0 Å². The van der Waals surface area contributed by atoms with Crippen molar-refractivity contribution >= 4 is 21.2 Å². The van der Waals surface area contributed by atoms with Crippen molar-refractivity contribution in [2.45, 2.75) is 4.90 Å². The largest absolute Gasteiger partial charge is 0.399 e. The zero-order valence-corrected chi connectivity index (χ0v) is 8.11. The highest BCUT2D eigenvalue weighted by Gasteiger charge is 2.21. The van der Waals surface area contributed by atoms with Gasteiger partial charge in [-0.2, -0.15) is 0 Å². The quantitative estimate of drug-likeness (QED) is 0.442. The van der Waals surface area contributed by atoms with Crippen LogP contribution in [-0.2, 0) is 9.84 Å². The first-order valence-electron chi connectivity index (χ1n) is 3.56. The molecular formula is C7H8N2O4S. The molecule has 0 aliphatic carbocycles. The van der Waals surface area contributed by atoms with E-state index in [1.54, 1.807) is 0 Å². The normalized spacial score (nSPS) is 11.2. The van der Waals surface area contributed by atoms with Crippen molar-refractivity contribution in [1.82, 2.24) is 0 Å². The second-order valence-electron chi connectivity index (χ2n) is 2.76. The molecule has 0 saturated heterocycles. The summed E-state index contributed by atoms with van der Waals surface area (Å²) in [5.74, 6) is 0. The van der Waals surface area contributed by atoms with E-state index in [0.29, 0.717) is 0 Å². The molecule has 0 saturated carbocycles. The van der Waals surface area contributed by atoms with Gasteiger partial charge in [0.25, 0.3) is 5.69 Å². The standard InChI is InChI=1S/C7H8N2O4S/c1-14(12,13)7-3-2-5(8)4-6(7)9(10)11/h2-4H,8H2,1H3. The number of benzene rings is 1. The van der Waals surface area contributed by atoms with Gasteiger partial charge in [-0.1, -0.05) is 0 Å². The molecule has 0 fully saturated rings. The number of nitro groups is 1. The summed E-state index contributed by atoms with van der Waals surface area (Å²) < 4.78 is 22.2. The first-order valence-corrected chi connectivity index (χ1v) is 5.45. The molecule has 0 bridgehead atoms. The molecule has 7 heteroatoms. The van der Waals surface area contributed by atoms with Crippen LogP contribution in [0.5, 0.6) is 0 Å². The first kappa shape index (κ1) is 10.5. The Bertz CT molecular complexity index is 480. The van der Waals surface area contributed by atoms with Crippen molar-refractivity contribution in [3.05, 3.63) is 28.3 Å². The summed E-state index contributed by atoms with van der Waals surface area (Å²) in [6.45, 7) is 0. The van der Waals surface area contributed by atoms with Crippen molar-refractivity contribution in [2.24, 2.45) is 0 Å². The number of nitrogen functional groups attached to an aromatic ring is 1. The minimum atomic E-state index is -3.59. The number of sulfone groups is 1. The number of hydrogen-bond acceptors (Lipinski definition) is 5. The maximum Gasteiger partial charge on any atom is 0.290 e. The number of nitrogens with two attached hydrogens (primary N) is 1. The summed E-state index contributed by atoms with van der Waals surface area (Å²) in [6.07, 6.45) is 0.908. The van der Waals surface area contributed by atoms with Crippen molar-refractivity contribution < 1.29 is 13.3 Å². The zero-order valence-electron chi connectivity index (χ0n) is 7.30. The third-order valence-corrected chi connectivity index (χ3v) is 2.72. The summed E-state index contributed by atoms with van der Waals surface area (Å²) in [5.41, 5.74) is 4.97. The molecule has 0 atom stereocenters. The number of hydrogen-bond donors (Lipinski definition) is 1. The van der Waals surface area contributed by atoms with Crippen LogP contribution in [0.15, 0.2) is 23.1 Å². The fraction of sp³-hybridized carbons (Fsp3) is 0.143. The fourth-order valence-electron chi connectivity index (χ4n) is 0.991. The molecule has 1 aromatic carbocycles. The first-order chi connectivity index (χ1) is 6.32. The van der Waals surface area contributed by atoms with E-state index in [1.807, 2.05) is 0 Å². The minimum Gasteiger partial charge on any atom is -0.399 e. The van der Waals surface area contributed by atoms with E-state index in [9.17, 15) is 18.5 Å². The van der Waals surface area contributed by atoms with Crippen LogP contribution in [0.2, 0.25) is 0 Å². The molecule has 6 nitrogen and oxygen atoms in total. The van der Waals surface area contributed by atoms with E-state index >= 15 is 0 Å². The van der Waals surface area contributed by atoms with E-state index in [-0.39, 0.29) is 10.6 Å². The average molecular weight is 216 g/mol. The van der Waals surface area contributed by atoms with Crippen LogP contribution < -0.4 is 5.73 Å². The van der Waals surface area contributed by atoms with Crippen LogP contribution in [0.1, 0.15) is 0 Å². The van der Waals surface area contributed by atoms with Crippen LogP contribution in [0.3, 0.4) is 0 Å². The van der Waals surface area contributed by atoms with Gasteiger partial charge in [-0.15, -0.1) is 0 Å². The third kappa shape index (κ3) is 1.99. The summed E-state index contributed by atoms with van der Waals surface area (Å²) in [4.78, 5) is 9.41. The highest BCUT2D eigenvalue weighted by Crippen LogP contribution is 2.25. The summed E-state index contributed by atoms with van der Waals surface area (Å²) in [7, 11) is -3.59. The summed E-state index contributed by atoms with van der Waals surface area (Å²) >= 11 is 0. The van der Waals surface area contributed by atoms with E-state index in [0.717, 1.165) is 18.4 Å². The fourth-order valence-corrected chi connectivity index (χ4v) is 1.82. The Balaban J connectivity index is 3.53. The molecule has 0 aliphatic rings. The predicted molar refractivity (Wildman–Crippen MR) is 50.6 cm³/mol. The lowest BCUT2D eigenvalue weighted by Crippen LogP contribution is -2.03. The lowest BCUT2D eigenvalue weighted by atomic mass is 10.3. The lowest BCUT2D eigenvalue weighted by Gasteiger charge is -2.00. The van der Waals surface area contributed by atoms with Gasteiger partial charge in [0.1, 0.15) is 4.90 Å². The lowest BCUT2D eigenvalue weighted by molar-refractivity contribution is -0.387. The zero-order chi connectivity index (χ0) is 10.9. The molecule has 14 heavy (non-hydrogen) atoms. The van der Waals surface area contributed by atoms with Crippen LogP contribution in [0.4, 0.5) is 11.4 Å². The van der Waals surface area contributed by atoms with Crippen molar-refractivity contribution in [1.29, 1.82) is 0 Å². The number of nitrogens with zero attached hydrogens (tertiary/aromatic N) is 1. The Morgan fingerprint density at radius 1 is 1.43 bits per heavy atom. The van der Waals surface area contributed by atoms with Gasteiger partial charge in [0.2, 0.25) is 0 Å². The molecule has 0 amide bonds. The molecule has 0 aromatic heterocycles. The number of rotatable bonds is 2. The van der Waals surface area contributed by atoms with Gasteiger partial charge in [0, 0.05) is 18.0 Å². The van der Waals surface area contributed by atoms with E-state index in [4.69, 9.17) is 5.73 Å². The predicted octanol–water partition coefficient (Wildman–Crippen LogP) is 0.581. The maximum atomic E-state index is 11.1. The van der Waals surface area contributed by atoms with E-state index < -0.39 is 20.4 Å². The molecule has 0 unspecified atom stereocenters.